The maximum absolute atomic E-state index is 12.5. The number of aryl methyl sites for hydroxylation is 1. The lowest BCUT2D eigenvalue weighted by molar-refractivity contribution is 0.0571. The Balaban J connectivity index is 2.23. The number of rotatable bonds is 3. The molecule has 1 saturated heterocycles. The summed E-state index contributed by atoms with van der Waals surface area (Å²) in [6, 6.07) is 5.32. The second-order valence-corrected chi connectivity index (χ2v) is 5.13. The van der Waals surface area contributed by atoms with Crippen molar-refractivity contribution in [3.8, 4) is 5.75 Å². The fourth-order valence-electron chi connectivity index (χ4n) is 2.70. The Morgan fingerprint density at radius 3 is 2.95 bits per heavy atom. The van der Waals surface area contributed by atoms with Crippen molar-refractivity contribution in [3.05, 3.63) is 29.3 Å². The zero-order chi connectivity index (χ0) is 13.8. The highest BCUT2D eigenvalue weighted by molar-refractivity contribution is 5.97. The van der Waals surface area contributed by atoms with E-state index in [1.165, 1.54) is 0 Å². The van der Waals surface area contributed by atoms with Crippen LogP contribution in [0.2, 0.25) is 0 Å². The van der Waals surface area contributed by atoms with Crippen molar-refractivity contribution in [1.82, 2.24) is 4.90 Å². The predicted molar refractivity (Wildman–Crippen MR) is 73.2 cm³/mol. The van der Waals surface area contributed by atoms with Crippen LogP contribution in [0.3, 0.4) is 0 Å². The van der Waals surface area contributed by atoms with E-state index < -0.39 is 0 Å². The van der Waals surface area contributed by atoms with Crippen LogP contribution in [0.25, 0.3) is 0 Å². The second kappa shape index (κ2) is 6.06. The topological polar surface area (TPSA) is 60.8 Å². The average Bonchev–Trinajstić information content (AvgIpc) is 2.42. The van der Waals surface area contributed by atoms with Gasteiger partial charge in [-0.05, 0) is 44.2 Å². The maximum atomic E-state index is 12.5. The van der Waals surface area contributed by atoms with E-state index in [0.717, 1.165) is 19.3 Å². The Morgan fingerprint density at radius 1 is 1.42 bits per heavy atom. The van der Waals surface area contributed by atoms with Gasteiger partial charge >= 0.3 is 0 Å². The Bertz CT molecular complexity index is 457. The number of piperidine rings is 1. The molecule has 1 fully saturated rings. The van der Waals surface area contributed by atoms with Gasteiger partial charge in [0.25, 0.3) is 5.91 Å². The minimum Gasteiger partial charge on any atom is -0.507 e. The number of aliphatic hydroxyl groups excluding tert-OH is 1. The van der Waals surface area contributed by atoms with Crippen LogP contribution in [0.15, 0.2) is 18.2 Å². The molecule has 1 unspecified atom stereocenters. The summed E-state index contributed by atoms with van der Waals surface area (Å²) >= 11 is 0. The zero-order valence-corrected chi connectivity index (χ0v) is 11.3. The first-order chi connectivity index (χ1) is 9.15. The van der Waals surface area contributed by atoms with Crippen LogP contribution in [0.1, 0.15) is 41.6 Å². The molecule has 1 aromatic rings. The second-order valence-electron chi connectivity index (χ2n) is 5.13. The molecule has 1 aliphatic rings. The lowest BCUT2D eigenvalue weighted by Crippen LogP contribution is -2.44. The van der Waals surface area contributed by atoms with Gasteiger partial charge in [0.2, 0.25) is 0 Å². The molecule has 19 heavy (non-hydrogen) atoms. The van der Waals surface area contributed by atoms with Crippen LogP contribution < -0.4 is 0 Å². The summed E-state index contributed by atoms with van der Waals surface area (Å²) in [7, 11) is 0. The molecule has 1 aliphatic heterocycles. The summed E-state index contributed by atoms with van der Waals surface area (Å²) in [5.41, 5.74) is 1.08. The molecule has 0 bridgehead atoms. The van der Waals surface area contributed by atoms with E-state index in [-0.39, 0.29) is 24.3 Å². The number of carbonyl (C=O) groups is 1. The summed E-state index contributed by atoms with van der Waals surface area (Å²) in [5, 5.41) is 19.1. The number of nitrogens with zero attached hydrogens (tertiary/aromatic N) is 1. The minimum atomic E-state index is -0.126. The van der Waals surface area contributed by atoms with Gasteiger partial charge in [-0.2, -0.15) is 0 Å². The molecule has 1 heterocycles. The van der Waals surface area contributed by atoms with Crippen molar-refractivity contribution >= 4 is 5.91 Å². The van der Waals surface area contributed by atoms with E-state index >= 15 is 0 Å². The van der Waals surface area contributed by atoms with Gasteiger partial charge < -0.3 is 15.1 Å². The van der Waals surface area contributed by atoms with Gasteiger partial charge in [0.1, 0.15) is 5.75 Å². The molecule has 0 aromatic heterocycles. The van der Waals surface area contributed by atoms with Gasteiger partial charge in [-0.15, -0.1) is 0 Å². The molecule has 0 spiro atoms. The van der Waals surface area contributed by atoms with E-state index in [1.54, 1.807) is 30.0 Å². The van der Waals surface area contributed by atoms with E-state index in [1.807, 2.05) is 0 Å². The highest BCUT2D eigenvalue weighted by Gasteiger charge is 2.28. The lowest BCUT2D eigenvalue weighted by atomic mass is 9.98. The highest BCUT2D eigenvalue weighted by Crippen LogP contribution is 2.27. The largest absolute Gasteiger partial charge is 0.507 e. The van der Waals surface area contributed by atoms with Gasteiger partial charge in [-0.3, -0.25) is 4.79 Å². The molecule has 1 amide bonds. The fourth-order valence-corrected chi connectivity index (χ4v) is 2.70. The Morgan fingerprint density at radius 2 is 2.21 bits per heavy atom. The van der Waals surface area contributed by atoms with Crippen LogP contribution in [0, 0.1) is 6.92 Å². The number of aromatic hydroxyl groups is 1. The molecular formula is C15H21NO3. The van der Waals surface area contributed by atoms with Crippen molar-refractivity contribution < 1.29 is 15.0 Å². The number of phenols is 1. The molecule has 0 aliphatic carbocycles. The Hall–Kier alpha value is -1.55. The fraction of sp³-hybridized carbons (Fsp3) is 0.533. The molecule has 0 radical (unpaired) electrons. The van der Waals surface area contributed by atoms with E-state index in [0.29, 0.717) is 24.1 Å². The molecule has 4 heteroatoms. The van der Waals surface area contributed by atoms with Crippen LogP contribution in [0.5, 0.6) is 5.75 Å². The Labute approximate surface area is 113 Å². The summed E-state index contributed by atoms with van der Waals surface area (Å²) < 4.78 is 0. The lowest BCUT2D eigenvalue weighted by Gasteiger charge is -2.35. The third kappa shape index (κ3) is 2.89. The first-order valence-electron chi connectivity index (χ1n) is 6.85. The van der Waals surface area contributed by atoms with Gasteiger partial charge in [0.05, 0.1) is 5.56 Å². The van der Waals surface area contributed by atoms with Crippen LogP contribution >= 0.6 is 0 Å². The number of para-hydroxylation sites is 1. The molecule has 1 aromatic carbocycles. The first kappa shape index (κ1) is 13.9. The molecule has 1 atom stereocenters. The molecule has 4 nitrogen and oxygen atoms in total. The maximum Gasteiger partial charge on any atom is 0.257 e. The summed E-state index contributed by atoms with van der Waals surface area (Å²) in [6.07, 6.45) is 3.62. The number of likely N-dealkylation sites (tertiary alicyclic amines) is 1. The SMILES string of the molecule is Cc1cccc(C(=O)N2CCCCC2CCO)c1O. The normalized spacial score (nSPS) is 19.5. The molecule has 2 rings (SSSR count). The van der Waals surface area contributed by atoms with Crippen molar-refractivity contribution in [1.29, 1.82) is 0 Å². The monoisotopic (exact) mass is 263 g/mol. The van der Waals surface area contributed by atoms with E-state index in [9.17, 15) is 9.90 Å². The van der Waals surface area contributed by atoms with Gasteiger partial charge in [-0.1, -0.05) is 12.1 Å². The van der Waals surface area contributed by atoms with Crippen LogP contribution in [-0.2, 0) is 0 Å². The third-order valence-corrected chi connectivity index (χ3v) is 3.82. The number of hydrogen-bond acceptors (Lipinski definition) is 3. The smallest absolute Gasteiger partial charge is 0.257 e. The molecule has 104 valence electrons. The number of aliphatic hydroxyl groups is 1. The van der Waals surface area contributed by atoms with Crippen LogP contribution in [0.4, 0.5) is 0 Å². The van der Waals surface area contributed by atoms with E-state index in [2.05, 4.69) is 0 Å². The predicted octanol–water partition coefficient (Wildman–Crippen LogP) is 2.08. The number of benzene rings is 1. The van der Waals surface area contributed by atoms with E-state index in [4.69, 9.17) is 5.11 Å². The summed E-state index contributed by atoms with van der Waals surface area (Å²) in [5.74, 6) is -0.0554. The number of amides is 1. The van der Waals surface area contributed by atoms with Gasteiger partial charge in [-0.25, -0.2) is 0 Å². The number of carbonyl (C=O) groups excluding carboxylic acids is 1. The average molecular weight is 263 g/mol. The molecule has 0 saturated carbocycles. The van der Waals surface area contributed by atoms with Crippen LogP contribution in [-0.4, -0.2) is 40.2 Å². The van der Waals surface area contributed by atoms with Crippen molar-refractivity contribution in [2.24, 2.45) is 0 Å². The van der Waals surface area contributed by atoms with Gasteiger partial charge in [0, 0.05) is 19.2 Å². The Kier molecular flexibility index (Phi) is 4.43. The zero-order valence-electron chi connectivity index (χ0n) is 11.3. The van der Waals surface area contributed by atoms with Crippen molar-refractivity contribution in [2.45, 2.75) is 38.6 Å². The third-order valence-electron chi connectivity index (χ3n) is 3.82. The highest BCUT2D eigenvalue weighted by atomic mass is 16.3. The first-order valence-corrected chi connectivity index (χ1v) is 6.85. The summed E-state index contributed by atoms with van der Waals surface area (Å²) in [4.78, 5) is 14.3. The minimum absolute atomic E-state index is 0.0702. The standard InChI is InChI=1S/C15H21NO3/c1-11-5-4-7-13(14(11)18)15(19)16-9-3-2-6-12(16)8-10-17/h4-5,7,12,17-18H,2-3,6,8-10H2,1H3. The molecule has 2 N–H and O–H groups in total. The van der Waals surface area contributed by atoms with Gasteiger partial charge in [0.15, 0.2) is 0 Å². The summed E-state index contributed by atoms with van der Waals surface area (Å²) in [6.45, 7) is 2.58. The van der Waals surface area contributed by atoms with Crippen molar-refractivity contribution in [3.63, 3.8) is 0 Å². The molecular weight excluding hydrogens is 242 g/mol. The van der Waals surface area contributed by atoms with Crippen molar-refractivity contribution in [2.75, 3.05) is 13.2 Å². The number of hydrogen-bond donors (Lipinski definition) is 2. The quantitative estimate of drug-likeness (QED) is 0.877. The number of phenolic OH excluding ortho intramolecular Hbond substituents is 1.